The van der Waals surface area contributed by atoms with Crippen LogP contribution in [0.2, 0.25) is 0 Å². The average molecular weight is 464 g/mol. The molecule has 0 spiro atoms. The lowest BCUT2D eigenvalue weighted by Gasteiger charge is -2.29. The number of carbonyl (C=O) groups is 3. The molecule has 1 saturated heterocycles. The number of amides is 2. The van der Waals surface area contributed by atoms with E-state index in [1.165, 1.54) is 18.1 Å². The molecule has 2 heterocycles. The normalized spacial score (nSPS) is 15.2. The minimum absolute atomic E-state index is 0.00902. The van der Waals surface area contributed by atoms with Crippen molar-refractivity contribution in [1.82, 2.24) is 9.88 Å². The Kier molecular flexibility index (Phi) is 6.23. The number of esters is 1. The maximum Gasteiger partial charge on any atom is 0.325 e. The van der Waals surface area contributed by atoms with E-state index in [0.717, 1.165) is 10.9 Å². The van der Waals surface area contributed by atoms with Gasteiger partial charge in [-0.1, -0.05) is 30.3 Å². The number of hydrogen-bond donors (Lipinski definition) is 1. The highest BCUT2D eigenvalue weighted by atomic mass is 32.1. The van der Waals surface area contributed by atoms with Gasteiger partial charge in [0, 0.05) is 22.7 Å². The molecule has 9 heteroatoms. The van der Waals surface area contributed by atoms with E-state index < -0.39 is 11.8 Å². The predicted molar refractivity (Wildman–Crippen MR) is 128 cm³/mol. The van der Waals surface area contributed by atoms with Gasteiger partial charge in [-0.15, -0.1) is 0 Å². The molecule has 1 aliphatic rings. The van der Waals surface area contributed by atoms with Crippen LogP contribution in [-0.2, 0) is 25.7 Å². The molecule has 0 bridgehead atoms. The van der Waals surface area contributed by atoms with E-state index in [-0.39, 0.29) is 29.8 Å². The maximum atomic E-state index is 13.4. The number of thiocarbonyl (C=S) groups is 1. The number of nitrogens with one attached hydrogen (secondary N) is 1. The number of anilines is 1. The van der Waals surface area contributed by atoms with Crippen LogP contribution in [0.3, 0.4) is 0 Å². The summed E-state index contributed by atoms with van der Waals surface area (Å²) in [4.78, 5) is 39.4. The fourth-order valence-corrected chi connectivity index (χ4v) is 3.99. The van der Waals surface area contributed by atoms with Gasteiger partial charge >= 0.3 is 5.97 Å². The van der Waals surface area contributed by atoms with Crippen molar-refractivity contribution in [3.05, 3.63) is 65.9 Å². The van der Waals surface area contributed by atoms with Gasteiger partial charge in [-0.05, 0) is 43.4 Å². The lowest BCUT2D eigenvalue weighted by molar-refractivity contribution is -0.143. The van der Waals surface area contributed by atoms with Gasteiger partial charge < -0.3 is 14.0 Å². The Morgan fingerprint density at radius 1 is 1.12 bits per heavy atom. The number of hydrogen-bond acceptors (Lipinski definition) is 6. The molecule has 33 heavy (non-hydrogen) atoms. The van der Waals surface area contributed by atoms with Crippen LogP contribution in [-0.4, -0.2) is 41.2 Å². The largest absolute Gasteiger partial charge is 0.495 e. The molecule has 1 N–H and O–H groups in total. The van der Waals surface area contributed by atoms with Gasteiger partial charge in [0.15, 0.2) is 5.11 Å². The second-order valence-electron chi connectivity index (χ2n) is 7.16. The lowest BCUT2D eigenvalue weighted by Crippen LogP contribution is -2.54. The third kappa shape index (κ3) is 4.22. The number of rotatable bonds is 6. The van der Waals surface area contributed by atoms with Crippen molar-refractivity contribution in [2.45, 2.75) is 13.5 Å². The molecular formula is C24H21N3O5S. The van der Waals surface area contributed by atoms with Crippen molar-refractivity contribution in [3.63, 3.8) is 0 Å². The number of para-hydroxylation sites is 3. The molecular weight excluding hydrogens is 442 g/mol. The number of nitrogens with zero attached hydrogens (tertiary/aromatic N) is 2. The molecule has 1 fully saturated rings. The molecule has 0 atom stereocenters. The second kappa shape index (κ2) is 9.25. The van der Waals surface area contributed by atoms with Crippen molar-refractivity contribution in [1.29, 1.82) is 0 Å². The van der Waals surface area contributed by atoms with Crippen LogP contribution in [0, 0.1) is 0 Å². The molecule has 0 unspecified atom stereocenters. The summed E-state index contributed by atoms with van der Waals surface area (Å²) in [5.74, 6) is -1.11. The minimum Gasteiger partial charge on any atom is -0.495 e. The standard InChI is InChI=1S/C24H21N3O5S/c1-3-32-21(28)14-26-13-15(16-8-4-5-9-18(16)26)12-17-22(29)25-24(33)27(23(17)30)19-10-6-7-11-20(19)31-2/h4-13H,3,14H2,1-2H3,(H,25,29,33)/b17-12+. The van der Waals surface area contributed by atoms with Gasteiger partial charge in [0.25, 0.3) is 11.8 Å². The monoisotopic (exact) mass is 463 g/mol. The SMILES string of the molecule is CCOC(=O)Cn1cc(/C=C2\C(=O)NC(=S)N(c3ccccc3OC)C2=O)c2ccccc21. The zero-order valence-corrected chi connectivity index (χ0v) is 18.8. The first kappa shape index (κ1) is 22.2. The Hall–Kier alpha value is -3.98. The van der Waals surface area contributed by atoms with E-state index in [0.29, 0.717) is 17.0 Å². The van der Waals surface area contributed by atoms with E-state index in [1.54, 1.807) is 42.0 Å². The smallest absolute Gasteiger partial charge is 0.325 e. The number of ether oxygens (including phenoxy) is 2. The highest BCUT2D eigenvalue weighted by molar-refractivity contribution is 7.80. The molecule has 1 aliphatic heterocycles. The van der Waals surface area contributed by atoms with Crippen molar-refractivity contribution in [2.75, 3.05) is 18.6 Å². The molecule has 0 aliphatic carbocycles. The minimum atomic E-state index is -0.599. The number of carbonyl (C=O) groups excluding carboxylic acids is 3. The molecule has 4 rings (SSSR count). The van der Waals surface area contributed by atoms with Crippen LogP contribution in [0.5, 0.6) is 5.75 Å². The van der Waals surface area contributed by atoms with Crippen molar-refractivity contribution in [2.24, 2.45) is 0 Å². The molecule has 0 saturated carbocycles. The molecule has 0 radical (unpaired) electrons. The Labute approximate surface area is 195 Å². The quantitative estimate of drug-likeness (QED) is 0.262. The summed E-state index contributed by atoms with van der Waals surface area (Å²) >= 11 is 5.28. The highest BCUT2D eigenvalue weighted by Crippen LogP contribution is 2.31. The number of methoxy groups -OCH3 is 1. The Morgan fingerprint density at radius 2 is 1.85 bits per heavy atom. The lowest BCUT2D eigenvalue weighted by atomic mass is 10.1. The van der Waals surface area contributed by atoms with E-state index in [9.17, 15) is 14.4 Å². The van der Waals surface area contributed by atoms with Crippen LogP contribution in [0.15, 0.2) is 60.3 Å². The fraction of sp³-hybridized carbons (Fsp3) is 0.167. The average Bonchev–Trinajstić information content (AvgIpc) is 3.14. The second-order valence-corrected chi connectivity index (χ2v) is 7.55. The van der Waals surface area contributed by atoms with Crippen LogP contribution in [0.4, 0.5) is 5.69 Å². The molecule has 168 valence electrons. The topological polar surface area (TPSA) is 89.9 Å². The van der Waals surface area contributed by atoms with Crippen molar-refractivity contribution < 1.29 is 23.9 Å². The summed E-state index contributed by atoms with van der Waals surface area (Å²) in [6, 6.07) is 14.3. The molecule has 1 aromatic heterocycles. The molecule has 2 amide bonds. The summed E-state index contributed by atoms with van der Waals surface area (Å²) < 4.78 is 12.1. The van der Waals surface area contributed by atoms with Crippen LogP contribution < -0.4 is 15.0 Å². The van der Waals surface area contributed by atoms with Gasteiger partial charge in [0.05, 0.1) is 19.4 Å². The summed E-state index contributed by atoms with van der Waals surface area (Å²) in [7, 11) is 1.49. The Bertz CT molecular complexity index is 1310. The first-order chi connectivity index (χ1) is 15.9. The third-order valence-corrected chi connectivity index (χ3v) is 5.44. The van der Waals surface area contributed by atoms with Gasteiger partial charge in [0.2, 0.25) is 0 Å². The zero-order chi connectivity index (χ0) is 23.5. The van der Waals surface area contributed by atoms with Gasteiger partial charge in [-0.3, -0.25) is 19.7 Å². The van der Waals surface area contributed by atoms with E-state index in [2.05, 4.69) is 5.32 Å². The summed E-state index contributed by atoms with van der Waals surface area (Å²) in [6.07, 6.45) is 3.22. The Morgan fingerprint density at radius 3 is 2.61 bits per heavy atom. The van der Waals surface area contributed by atoms with Gasteiger partial charge in [-0.25, -0.2) is 4.90 Å². The van der Waals surface area contributed by atoms with Gasteiger partial charge in [-0.2, -0.15) is 0 Å². The summed E-state index contributed by atoms with van der Waals surface area (Å²) in [5.41, 5.74) is 1.72. The van der Waals surface area contributed by atoms with Crippen LogP contribution in [0.25, 0.3) is 17.0 Å². The number of aromatic nitrogens is 1. The molecule has 8 nitrogen and oxygen atoms in total. The summed E-state index contributed by atoms with van der Waals surface area (Å²) in [6.45, 7) is 2.03. The van der Waals surface area contributed by atoms with Crippen molar-refractivity contribution in [3.8, 4) is 5.75 Å². The van der Waals surface area contributed by atoms with Crippen LogP contribution >= 0.6 is 12.2 Å². The fourth-order valence-electron chi connectivity index (χ4n) is 3.71. The third-order valence-electron chi connectivity index (χ3n) is 5.15. The first-order valence-corrected chi connectivity index (χ1v) is 10.6. The van der Waals surface area contributed by atoms with E-state index >= 15 is 0 Å². The zero-order valence-electron chi connectivity index (χ0n) is 18.0. The summed E-state index contributed by atoms with van der Waals surface area (Å²) in [5, 5.41) is 3.33. The van der Waals surface area contributed by atoms with Gasteiger partial charge in [0.1, 0.15) is 17.9 Å². The predicted octanol–water partition coefficient (Wildman–Crippen LogP) is 3.04. The molecule has 2 aromatic carbocycles. The number of fused-ring (bicyclic) bond motifs is 1. The Balaban J connectivity index is 1.78. The first-order valence-electron chi connectivity index (χ1n) is 10.2. The van der Waals surface area contributed by atoms with E-state index in [4.69, 9.17) is 21.7 Å². The van der Waals surface area contributed by atoms with E-state index in [1.807, 2.05) is 24.3 Å². The maximum absolute atomic E-state index is 13.4. The van der Waals surface area contributed by atoms with Crippen LogP contribution in [0.1, 0.15) is 12.5 Å². The number of benzene rings is 2. The molecule has 3 aromatic rings. The highest BCUT2D eigenvalue weighted by Gasteiger charge is 2.36. The van der Waals surface area contributed by atoms with Crippen molar-refractivity contribution >= 4 is 57.8 Å².